The van der Waals surface area contributed by atoms with Crippen molar-refractivity contribution in [2.45, 2.75) is 32.7 Å². The molecule has 0 spiro atoms. The average molecular weight is 170 g/mol. The molecule has 1 aliphatic rings. The van der Waals surface area contributed by atoms with Gasteiger partial charge in [0.1, 0.15) is 0 Å². The second-order valence-corrected chi connectivity index (χ2v) is 4.25. The molecule has 0 aromatic carbocycles. The van der Waals surface area contributed by atoms with E-state index in [0.29, 0.717) is 6.04 Å². The molecule has 0 amide bonds. The maximum atomic E-state index is 3.45. The van der Waals surface area contributed by atoms with Gasteiger partial charge in [-0.3, -0.25) is 0 Å². The molecule has 0 aliphatic carbocycles. The van der Waals surface area contributed by atoms with E-state index >= 15 is 0 Å². The molecule has 1 atom stereocenters. The summed E-state index contributed by atoms with van der Waals surface area (Å²) in [6, 6.07) is 0.687. The molecule has 2 nitrogen and oxygen atoms in total. The first kappa shape index (κ1) is 10.0. The Kier molecular flexibility index (Phi) is 4.02. The Morgan fingerprint density at radius 1 is 1.50 bits per heavy atom. The lowest BCUT2D eigenvalue weighted by molar-refractivity contribution is 0.208. The summed E-state index contributed by atoms with van der Waals surface area (Å²) in [5.74, 6) is 0.881. The van der Waals surface area contributed by atoms with Gasteiger partial charge in [-0.05, 0) is 52.7 Å². The van der Waals surface area contributed by atoms with Crippen molar-refractivity contribution >= 4 is 0 Å². The topological polar surface area (TPSA) is 15.3 Å². The molecule has 1 N–H and O–H groups in total. The van der Waals surface area contributed by atoms with Crippen molar-refractivity contribution in [3.8, 4) is 0 Å². The van der Waals surface area contributed by atoms with Gasteiger partial charge < -0.3 is 10.2 Å². The molecule has 0 radical (unpaired) electrons. The van der Waals surface area contributed by atoms with Gasteiger partial charge in [-0.1, -0.05) is 0 Å². The van der Waals surface area contributed by atoms with Crippen LogP contribution in [0.4, 0.5) is 0 Å². The van der Waals surface area contributed by atoms with Gasteiger partial charge in [-0.15, -0.1) is 0 Å². The molecule has 12 heavy (non-hydrogen) atoms. The zero-order valence-electron chi connectivity index (χ0n) is 8.64. The zero-order chi connectivity index (χ0) is 8.97. The molecule has 1 aliphatic heterocycles. The van der Waals surface area contributed by atoms with E-state index in [1.54, 1.807) is 0 Å². The SMILES string of the molecule is CC(C)N(C)CC1CCCNC1. The Morgan fingerprint density at radius 2 is 2.25 bits per heavy atom. The van der Waals surface area contributed by atoms with Gasteiger partial charge in [0, 0.05) is 12.6 Å². The van der Waals surface area contributed by atoms with Crippen molar-refractivity contribution in [1.82, 2.24) is 10.2 Å². The van der Waals surface area contributed by atoms with Crippen LogP contribution in [0.15, 0.2) is 0 Å². The quantitative estimate of drug-likeness (QED) is 0.687. The predicted molar refractivity (Wildman–Crippen MR) is 53.4 cm³/mol. The van der Waals surface area contributed by atoms with E-state index in [9.17, 15) is 0 Å². The Balaban J connectivity index is 2.20. The van der Waals surface area contributed by atoms with Gasteiger partial charge in [-0.25, -0.2) is 0 Å². The van der Waals surface area contributed by atoms with Crippen molar-refractivity contribution in [1.29, 1.82) is 0 Å². The molecule has 1 fully saturated rings. The lowest BCUT2D eigenvalue weighted by Crippen LogP contribution is -2.39. The van der Waals surface area contributed by atoms with Crippen molar-refractivity contribution in [3.05, 3.63) is 0 Å². The van der Waals surface area contributed by atoms with Crippen LogP contribution in [0.5, 0.6) is 0 Å². The van der Waals surface area contributed by atoms with Gasteiger partial charge in [0.15, 0.2) is 0 Å². The molecule has 2 heteroatoms. The molecule has 0 aromatic rings. The third-order valence-corrected chi connectivity index (χ3v) is 2.83. The summed E-state index contributed by atoms with van der Waals surface area (Å²) in [4.78, 5) is 2.44. The normalized spacial score (nSPS) is 25.2. The third kappa shape index (κ3) is 3.11. The van der Waals surface area contributed by atoms with E-state index < -0.39 is 0 Å². The summed E-state index contributed by atoms with van der Waals surface area (Å²) in [7, 11) is 2.22. The largest absolute Gasteiger partial charge is 0.316 e. The van der Waals surface area contributed by atoms with E-state index in [1.165, 1.54) is 32.5 Å². The summed E-state index contributed by atoms with van der Waals surface area (Å²) in [6.45, 7) is 8.22. The predicted octanol–water partition coefficient (Wildman–Crippen LogP) is 1.33. The number of rotatable bonds is 3. The van der Waals surface area contributed by atoms with Crippen LogP contribution in [0.1, 0.15) is 26.7 Å². The second-order valence-electron chi connectivity index (χ2n) is 4.25. The first-order chi connectivity index (χ1) is 5.70. The minimum atomic E-state index is 0.687. The smallest absolute Gasteiger partial charge is 0.00356 e. The highest BCUT2D eigenvalue weighted by molar-refractivity contribution is 4.72. The van der Waals surface area contributed by atoms with Crippen molar-refractivity contribution < 1.29 is 0 Å². The summed E-state index contributed by atoms with van der Waals surface area (Å²) >= 11 is 0. The maximum Gasteiger partial charge on any atom is 0.00356 e. The molecule has 1 heterocycles. The van der Waals surface area contributed by atoms with Crippen LogP contribution >= 0.6 is 0 Å². The standard InChI is InChI=1S/C10H22N2/c1-9(2)12(3)8-10-5-4-6-11-7-10/h9-11H,4-8H2,1-3H3. The summed E-state index contributed by atoms with van der Waals surface area (Å²) in [5, 5.41) is 3.45. The first-order valence-electron chi connectivity index (χ1n) is 5.11. The lowest BCUT2D eigenvalue weighted by Gasteiger charge is -2.29. The van der Waals surface area contributed by atoms with Gasteiger partial charge in [0.2, 0.25) is 0 Å². The van der Waals surface area contributed by atoms with Gasteiger partial charge >= 0.3 is 0 Å². The molecule has 1 unspecified atom stereocenters. The van der Waals surface area contributed by atoms with E-state index in [0.717, 1.165) is 5.92 Å². The monoisotopic (exact) mass is 170 g/mol. The zero-order valence-corrected chi connectivity index (χ0v) is 8.64. The number of nitrogens with one attached hydrogen (secondary N) is 1. The molecule has 1 rings (SSSR count). The lowest BCUT2D eigenvalue weighted by atomic mass is 9.99. The van der Waals surface area contributed by atoms with Crippen LogP contribution in [-0.4, -0.2) is 37.6 Å². The van der Waals surface area contributed by atoms with Gasteiger partial charge in [-0.2, -0.15) is 0 Å². The van der Waals surface area contributed by atoms with E-state index in [-0.39, 0.29) is 0 Å². The fraction of sp³-hybridized carbons (Fsp3) is 1.00. The van der Waals surface area contributed by atoms with Crippen LogP contribution in [0.25, 0.3) is 0 Å². The Bertz CT molecular complexity index is 117. The highest BCUT2D eigenvalue weighted by atomic mass is 15.1. The minimum absolute atomic E-state index is 0.687. The highest BCUT2D eigenvalue weighted by Crippen LogP contribution is 2.11. The van der Waals surface area contributed by atoms with Crippen molar-refractivity contribution in [2.75, 3.05) is 26.7 Å². The van der Waals surface area contributed by atoms with Crippen LogP contribution < -0.4 is 5.32 Å². The van der Waals surface area contributed by atoms with Crippen LogP contribution in [-0.2, 0) is 0 Å². The third-order valence-electron chi connectivity index (χ3n) is 2.83. The summed E-state index contributed by atoms with van der Waals surface area (Å²) < 4.78 is 0. The number of nitrogens with zero attached hydrogens (tertiary/aromatic N) is 1. The number of hydrogen-bond acceptors (Lipinski definition) is 2. The number of hydrogen-bond donors (Lipinski definition) is 1. The van der Waals surface area contributed by atoms with Crippen molar-refractivity contribution in [3.63, 3.8) is 0 Å². The van der Waals surface area contributed by atoms with Crippen LogP contribution in [0.3, 0.4) is 0 Å². The molecule has 1 saturated heterocycles. The molecule has 0 bridgehead atoms. The highest BCUT2D eigenvalue weighted by Gasteiger charge is 2.15. The molecule has 0 aromatic heterocycles. The summed E-state index contributed by atoms with van der Waals surface area (Å²) in [6.07, 6.45) is 2.76. The van der Waals surface area contributed by atoms with Gasteiger partial charge in [0.25, 0.3) is 0 Å². The maximum absolute atomic E-state index is 3.45. The Morgan fingerprint density at radius 3 is 2.75 bits per heavy atom. The molecule has 72 valence electrons. The molecular formula is C10H22N2. The van der Waals surface area contributed by atoms with E-state index in [4.69, 9.17) is 0 Å². The van der Waals surface area contributed by atoms with Gasteiger partial charge in [0.05, 0.1) is 0 Å². The second kappa shape index (κ2) is 4.83. The summed E-state index contributed by atoms with van der Waals surface area (Å²) in [5.41, 5.74) is 0. The number of piperidine rings is 1. The van der Waals surface area contributed by atoms with E-state index in [2.05, 4.69) is 31.1 Å². The Hall–Kier alpha value is -0.0800. The minimum Gasteiger partial charge on any atom is -0.316 e. The van der Waals surface area contributed by atoms with Crippen LogP contribution in [0.2, 0.25) is 0 Å². The fourth-order valence-electron chi connectivity index (χ4n) is 1.70. The van der Waals surface area contributed by atoms with Crippen molar-refractivity contribution in [2.24, 2.45) is 5.92 Å². The fourth-order valence-corrected chi connectivity index (χ4v) is 1.70. The Labute approximate surface area is 76.3 Å². The molecule has 0 saturated carbocycles. The average Bonchev–Trinajstić information content (AvgIpc) is 2.06. The first-order valence-corrected chi connectivity index (χ1v) is 5.11. The molecular weight excluding hydrogens is 148 g/mol. The van der Waals surface area contributed by atoms with Crippen LogP contribution in [0, 0.1) is 5.92 Å². The van der Waals surface area contributed by atoms with E-state index in [1.807, 2.05) is 0 Å².